The number of carbonyl (C=O) groups excluding carboxylic acids is 1. The van der Waals surface area contributed by atoms with Crippen molar-refractivity contribution < 1.29 is 19.4 Å². The first-order valence-electron chi connectivity index (χ1n) is 5.12. The number of carboxylic acids is 1. The summed E-state index contributed by atoms with van der Waals surface area (Å²) in [5, 5.41) is 11.3. The lowest BCUT2D eigenvalue weighted by Gasteiger charge is -2.11. The molecule has 5 nitrogen and oxygen atoms in total. The van der Waals surface area contributed by atoms with E-state index >= 15 is 0 Å². The van der Waals surface area contributed by atoms with E-state index in [9.17, 15) is 9.59 Å². The first-order chi connectivity index (χ1) is 7.00. The lowest BCUT2D eigenvalue weighted by molar-refractivity contribution is -0.141. The fourth-order valence-corrected chi connectivity index (χ4v) is 1.49. The summed E-state index contributed by atoms with van der Waals surface area (Å²) in [7, 11) is 0. The van der Waals surface area contributed by atoms with Gasteiger partial charge >= 0.3 is 5.97 Å². The summed E-state index contributed by atoms with van der Waals surface area (Å²) in [6, 6.07) is 0. The van der Waals surface area contributed by atoms with Gasteiger partial charge in [0.05, 0.1) is 24.5 Å². The highest BCUT2D eigenvalue weighted by atomic mass is 16.5. The Labute approximate surface area is 88.8 Å². The molecule has 1 amide bonds. The van der Waals surface area contributed by atoms with Gasteiger partial charge in [-0.1, -0.05) is 6.92 Å². The molecule has 0 radical (unpaired) electrons. The number of carbonyl (C=O) groups is 2. The smallest absolute Gasteiger partial charge is 0.308 e. The second-order valence-electron chi connectivity index (χ2n) is 4.06. The van der Waals surface area contributed by atoms with Crippen molar-refractivity contribution in [3.8, 4) is 0 Å². The number of hydrogen-bond donors (Lipinski definition) is 2. The summed E-state index contributed by atoms with van der Waals surface area (Å²) in [6.45, 7) is 4.11. The zero-order valence-electron chi connectivity index (χ0n) is 9.03. The van der Waals surface area contributed by atoms with Crippen LogP contribution in [0.15, 0.2) is 0 Å². The van der Waals surface area contributed by atoms with Gasteiger partial charge in [0, 0.05) is 6.54 Å². The molecule has 1 aliphatic rings. The van der Waals surface area contributed by atoms with Crippen molar-refractivity contribution in [1.29, 1.82) is 0 Å². The highest BCUT2D eigenvalue weighted by Gasteiger charge is 2.28. The van der Waals surface area contributed by atoms with E-state index in [0.717, 1.165) is 0 Å². The molecule has 1 aliphatic heterocycles. The van der Waals surface area contributed by atoms with Crippen molar-refractivity contribution in [2.75, 3.05) is 13.2 Å². The van der Waals surface area contributed by atoms with Crippen molar-refractivity contribution in [3.05, 3.63) is 0 Å². The van der Waals surface area contributed by atoms with Gasteiger partial charge in [0.1, 0.15) is 0 Å². The first kappa shape index (κ1) is 12.0. The van der Waals surface area contributed by atoms with Crippen molar-refractivity contribution in [2.45, 2.75) is 26.4 Å². The molecule has 0 spiro atoms. The van der Waals surface area contributed by atoms with E-state index in [2.05, 4.69) is 5.32 Å². The summed E-state index contributed by atoms with van der Waals surface area (Å²) >= 11 is 0. The van der Waals surface area contributed by atoms with Crippen LogP contribution < -0.4 is 5.32 Å². The molecule has 0 aromatic heterocycles. The lowest BCUT2D eigenvalue weighted by Crippen LogP contribution is -2.36. The minimum absolute atomic E-state index is 0.104. The van der Waals surface area contributed by atoms with Gasteiger partial charge in [-0.05, 0) is 13.3 Å². The molecule has 2 N–H and O–H groups in total. The zero-order valence-corrected chi connectivity index (χ0v) is 9.03. The lowest BCUT2D eigenvalue weighted by atomic mass is 10.1. The van der Waals surface area contributed by atoms with Gasteiger partial charge in [0.15, 0.2) is 0 Å². The number of carboxylic acid groups (broad SMARTS) is 1. The van der Waals surface area contributed by atoms with E-state index in [4.69, 9.17) is 9.84 Å². The fourth-order valence-electron chi connectivity index (χ4n) is 1.49. The van der Waals surface area contributed by atoms with Crippen LogP contribution in [0.5, 0.6) is 0 Å². The number of ether oxygens (including phenoxy) is 1. The number of rotatable bonds is 4. The number of amides is 1. The Bertz CT molecular complexity index is 254. The molecule has 0 saturated carbocycles. The molecule has 1 rings (SSSR count). The van der Waals surface area contributed by atoms with Crippen LogP contribution in [-0.2, 0) is 14.3 Å². The van der Waals surface area contributed by atoms with Gasteiger partial charge in [-0.3, -0.25) is 9.59 Å². The molecule has 3 atom stereocenters. The topological polar surface area (TPSA) is 75.6 Å². The highest BCUT2D eigenvalue weighted by Crippen LogP contribution is 2.18. The van der Waals surface area contributed by atoms with Gasteiger partial charge in [0.25, 0.3) is 0 Å². The molecule has 3 unspecified atom stereocenters. The third-order valence-corrected chi connectivity index (χ3v) is 2.57. The normalized spacial score (nSPS) is 27.3. The first-order valence-corrected chi connectivity index (χ1v) is 5.12. The maximum Gasteiger partial charge on any atom is 0.308 e. The van der Waals surface area contributed by atoms with Crippen molar-refractivity contribution >= 4 is 11.9 Å². The van der Waals surface area contributed by atoms with Crippen molar-refractivity contribution in [2.24, 2.45) is 11.8 Å². The molecular formula is C10H17NO4. The summed E-state index contributed by atoms with van der Waals surface area (Å²) in [5.41, 5.74) is 0. The summed E-state index contributed by atoms with van der Waals surface area (Å²) in [5.74, 6) is -1.67. The average molecular weight is 215 g/mol. The van der Waals surface area contributed by atoms with Crippen molar-refractivity contribution in [3.63, 3.8) is 0 Å². The van der Waals surface area contributed by atoms with Gasteiger partial charge in [-0.15, -0.1) is 0 Å². The fraction of sp³-hybridized carbons (Fsp3) is 0.800. The van der Waals surface area contributed by atoms with Crippen LogP contribution in [-0.4, -0.2) is 36.2 Å². The molecule has 0 bridgehead atoms. The van der Waals surface area contributed by atoms with E-state index in [1.807, 2.05) is 6.92 Å². The molecule has 0 aromatic rings. The number of hydrogen-bond acceptors (Lipinski definition) is 3. The molecule has 1 heterocycles. The standard InChI is InChI=1S/C10H17NO4/c1-6(10(13)14)4-11-9(12)8-3-7(2)15-5-8/h6-8H,3-5H2,1-2H3,(H,11,12)(H,13,14). The Morgan fingerprint density at radius 2 is 2.27 bits per heavy atom. The molecule has 86 valence electrons. The predicted molar refractivity (Wildman–Crippen MR) is 53.3 cm³/mol. The SMILES string of the molecule is CC1CC(C(=O)NCC(C)C(=O)O)CO1. The Hall–Kier alpha value is -1.10. The van der Waals surface area contributed by atoms with E-state index in [1.165, 1.54) is 0 Å². The monoisotopic (exact) mass is 215 g/mol. The predicted octanol–water partition coefficient (Wildman–Crippen LogP) is 0.248. The number of aliphatic carboxylic acids is 1. The van der Waals surface area contributed by atoms with Gasteiger partial charge in [-0.25, -0.2) is 0 Å². The van der Waals surface area contributed by atoms with Crippen molar-refractivity contribution in [1.82, 2.24) is 5.32 Å². The Morgan fingerprint density at radius 1 is 1.60 bits per heavy atom. The molecule has 1 fully saturated rings. The molecular weight excluding hydrogens is 198 g/mol. The van der Waals surface area contributed by atoms with E-state index in [-0.39, 0.29) is 24.5 Å². The van der Waals surface area contributed by atoms with Crippen LogP contribution in [0.1, 0.15) is 20.3 Å². The zero-order chi connectivity index (χ0) is 11.4. The third kappa shape index (κ3) is 3.51. The highest BCUT2D eigenvalue weighted by molar-refractivity contribution is 5.80. The minimum Gasteiger partial charge on any atom is -0.481 e. The van der Waals surface area contributed by atoms with Crippen LogP contribution in [0.2, 0.25) is 0 Å². The van der Waals surface area contributed by atoms with Gasteiger partial charge in [0.2, 0.25) is 5.91 Å². The van der Waals surface area contributed by atoms with Crippen LogP contribution in [0.25, 0.3) is 0 Å². The average Bonchev–Trinajstić information content (AvgIpc) is 2.60. The van der Waals surface area contributed by atoms with Gasteiger partial charge < -0.3 is 15.2 Å². The second kappa shape index (κ2) is 5.11. The van der Waals surface area contributed by atoms with Gasteiger partial charge in [-0.2, -0.15) is 0 Å². The Kier molecular flexibility index (Phi) is 4.08. The van der Waals surface area contributed by atoms with Crippen LogP contribution in [0.4, 0.5) is 0 Å². The van der Waals surface area contributed by atoms with Crippen LogP contribution >= 0.6 is 0 Å². The molecule has 0 aromatic carbocycles. The summed E-state index contributed by atoms with van der Waals surface area (Å²) in [4.78, 5) is 22.0. The van der Waals surface area contributed by atoms with E-state index in [0.29, 0.717) is 13.0 Å². The Balaban J connectivity index is 2.27. The third-order valence-electron chi connectivity index (χ3n) is 2.57. The molecule has 15 heavy (non-hydrogen) atoms. The minimum atomic E-state index is -0.897. The number of nitrogens with one attached hydrogen (secondary N) is 1. The van der Waals surface area contributed by atoms with E-state index < -0.39 is 11.9 Å². The second-order valence-corrected chi connectivity index (χ2v) is 4.06. The molecule has 5 heteroatoms. The Morgan fingerprint density at radius 3 is 2.73 bits per heavy atom. The molecule has 0 aliphatic carbocycles. The molecule has 1 saturated heterocycles. The van der Waals surface area contributed by atoms with Crippen LogP contribution in [0, 0.1) is 11.8 Å². The van der Waals surface area contributed by atoms with E-state index in [1.54, 1.807) is 6.92 Å². The summed E-state index contributed by atoms with van der Waals surface area (Å²) < 4.78 is 5.26. The quantitative estimate of drug-likeness (QED) is 0.704. The summed E-state index contributed by atoms with van der Waals surface area (Å²) in [6.07, 6.45) is 0.838. The maximum absolute atomic E-state index is 11.5. The maximum atomic E-state index is 11.5. The van der Waals surface area contributed by atoms with Crippen LogP contribution in [0.3, 0.4) is 0 Å². The largest absolute Gasteiger partial charge is 0.481 e.